The summed E-state index contributed by atoms with van der Waals surface area (Å²) in [5, 5.41) is 0. The van der Waals surface area contributed by atoms with Crippen LogP contribution in [0.25, 0.3) is 0 Å². The Morgan fingerprint density at radius 3 is 2.64 bits per heavy atom. The second-order valence-electron chi connectivity index (χ2n) is 2.70. The predicted octanol–water partition coefficient (Wildman–Crippen LogP) is 0.468. The molecule has 1 aromatic rings. The molecule has 0 aliphatic carbocycles. The van der Waals surface area contributed by atoms with Crippen LogP contribution in [0.3, 0.4) is 0 Å². The molecule has 0 radical (unpaired) electrons. The molecular formula is C9H10N2O3. The monoisotopic (exact) mass is 194 g/mol. The number of hydrogen-bond donors (Lipinski definition) is 0. The number of carbonyl (C=O) groups excluding carboxylic acids is 2. The van der Waals surface area contributed by atoms with Gasteiger partial charge in [-0.15, -0.1) is 0 Å². The molecule has 0 aromatic carbocycles. The van der Waals surface area contributed by atoms with Gasteiger partial charge in [-0.2, -0.15) is 0 Å². The maximum Gasteiger partial charge on any atom is 0.316 e. The van der Waals surface area contributed by atoms with Crippen molar-refractivity contribution >= 4 is 11.8 Å². The van der Waals surface area contributed by atoms with E-state index in [0.29, 0.717) is 0 Å². The van der Waals surface area contributed by atoms with Crippen LogP contribution in [0.1, 0.15) is 17.4 Å². The molecule has 0 spiro atoms. The fourth-order valence-electron chi connectivity index (χ4n) is 0.932. The summed E-state index contributed by atoms with van der Waals surface area (Å²) in [5.41, 5.74) is 0.172. The molecule has 0 N–H and O–H groups in total. The van der Waals surface area contributed by atoms with Gasteiger partial charge in [0.2, 0.25) is 0 Å². The lowest BCUT2D eigenvalue weighted by atomic mass is 10.0. The van der Waals surface area contributed by atoms with Gasteiger partial charge in [-0.25, -0.2) is 4.98 Å². The van der Waals surface area contributed by atoms with Gasteiger partial charge in [0.05, 0.1) is 13.3 Å². The molecule has 1 heterocycles. The Morgan fingerprint density at radius 1 is 1.43 bits per heavy atom. The number of nitrogens with zero attached hydrogens (tertiary/aromatic N) is 2. The van der Waals surface area contributed by atoms with Crippen molar-refractivity contribution in [1.82, 2.24) is 9.97 Å². The van der Waals surface area contributed by atoms with E-state index in [1.54, 1.807) is 0 Å². The molecule has 14 heavy (non-hydrogen) atoms. The van der Waals surface area contributed by atoms with Crippen LogP contribution in [0.2, 0.25) is 0 Å². The quantitative estimate of drug-likeness (QED) is 0.397. The maximum atomic E-state index is 11.5. The van der Waals surface area contributed by atoms with Gasteiger partial charge in [-0.3, -0.25) is 14.6 Å². The van der Waals surface area contributed by atoms with Crippen molar-refractivity contribution in [2.24, 2.45) is 5.92 Å². The van der Waals surface area contributed by atoms with Crippen molar-refractivity contribution in [1.29, 1.82) is 0 Å². The number of esters is 1. The van der Waals surface area contributed by atoms with Gasteiger partial charge >= 0.3 is 5.97 Å². The summed E-state index contributed by atoms with van der Waals surface area (Å²) in [6, 6.07) is 0. The number of ether oxygens (including phenoxy) is 1. The lowest BCUT2D eigenvalue weighted by molar-refractivity contribution is -0.143. The molecule has 0 amide bonds. The van der Waals surface area contributed by atoms with Crippen molar-refractivity contribution in [3.8, 4) is 0 Å². The molecule has 5 heteroatoms. The van der Waals surface area contributed by atoms with Crippen LogP contribution in [-0.2, 0) is 9.53 Å². The fourth-order valence-corrected chi connectivity index (χ4v) is 0.932. The van der Waals surface area contributed by atoms with E-state index in [1.807, 2.05) is 0 Å². The van der Waals surface area contributed by atoms with Crippen LogP contribution in [0.15, 0.2) is 18.6 Å². The van der Waals surface area contributed by atoms with Gasteiger partial charge in [0.25, 0.3) is 0 Å². The summed E-state index contributed by atoms with van der Waals surface area (Å²) < 4.78 is 4.45. The minimum Gasteiger partial charge on any atom is -0.468 e. The van der Waals surface area contributed by atoms with Gasteiger partial charge in [0.15, 0.2) is 5.78 Å². The lowest BCUT2D eigenvalue weighted by Gasteiger charge is -2.06. The van der Waals surface area contributed by atoms with E-state index in [1.165, 1.54) is 32.6 Å². The third-order valence-corrected chi connectivity index (χ3v) is 1.76. The molecule has 1 aromatic heterocycles. The van der Waals surface area contributed by atoms with Crippen molar-refractivity contribution in [2.45, 2.75) is 6.92 Å². The van der Waals surface area contributed by atoms with E-state index in [-0.39, 0.29) is 11.5 Å². The molecule has 0 aliphatic rings. The smallest absolute Gasteiger partial charge is 0.316 e. The number of methoxy groups -OCH3 is 1. The van der Waals surface area contributed by atoms with Gasteiger partial charge < -0.3 is 4.74 Å². The van der Waals surface area contributed by atoms with Crippen molar-refractivity contribution in [3.05, 3.63) is 24.3 Å². The largest absolute Gasteiger partial charge is 0.468 e. The molecule has 74 valence electrons. The van der Waals surface area contributed by atoms with E-state index >= 15 is 0 Å². The Bertz CT molecular complexity index is 337. The highest BCUT2D eigenvalue weighted by Crippen LogP contribution is 2.06. The molecule has 0 fully saturated rings. The molecule has 0 unspecified atom stereocenters. The standard InChI is InChI=1S/C9H10N2O3/c1-6(9(13)14-2)8(12)7-5-10-3-4-11-7/h3-6H,1-2H3/t6-/m0/s1. The summed E-state index contributed by atoms with van der Waals surface area (Å²) in [5.74, 6) is -1.79. The Morgan fingerprint density at radius 2 is 2.14 bits per heavy atom. The minimum atomic E-state index is -0.836. The molecule has 0 bridgehead atoms. The van der Waals surface area contributed by atoms with E-state index < -0.39 is 11.9 Å². The summed E-state index contributed by atoms with van der Waals surface area (Å²) >= 11 is 0. The normalized spacial score (nSPS) is 11.9. The lowest BCUT2D eigenvalue weighted by Crippen LogP contribution is -2.23. The Labute approximate surface area is 81.1 Å². The third kappa shape index (κ3) is 2.12. The van der Waals surface area contributed by atoms with E-state index in [2.05, 4.69) is 14.7 Å². The molecule has 0 saturated heterocycles. The van der Waals surface area contributed by atoms with E-state index in [4.69, 9.17) is 0 Å². The highest BCUT2D eigenvalue weighted by molar-refractivity contribution is 6.07. The number of Topliss-reactive ketones (excluding diaryl/α,β-unsaturated/α-hetero) is 1. The summed E-state index contributed by atoms with van der Waals surface area (Å²) in [6.45, 7) is 1.48. The fraction of sp³-hybridized carbons (Fsp3) is 0.333. The second-order valence-corrected chi connectivity index (χ2v) is 2.70. The highest BCUT2D eigenvalue weighted by Gasteiger charge is 2.24. The summed E-state index contributed by atoms with van der Waals surface area (Å²) in [6.07, 6.45) is 4.18. The van der Waals surface area contributed by atoms with E-state index in [0.717, 1.165) is 0 Å². The molecule has 0 aliphatic heterocycles. The number of aromatic nitrogens is 2. The average molecular weight is 194 g/mol. The average Bonchev–Trinajstić information content (AvgIpc) is 2.27. The second kappa shape index (κ2) is 4.45. The van der Waals surface area contributed by atoms with Crippen molar-refractivity contribution in [3.63, 3.8) is 0 Å². The number of hydrogen-bond acceptors (Lipinski definition) is 5. The van der Waals surface area contributed by atoms with Crippen molar-refractivity contribution < 1.29 is 14.3 Å². The van der Waals surface area contributed by atoms with Crippen LogP contribution < -0.4 is 0 Å². The third-order valence-electron chi connectivity index (χ3n) is 1.76. The van der Waals surface area contributed by atoms with Crippen molar-refractivity contribution in [2.75, 3.05) is 7.11 Å². The number of rotatable bonds is 3. The molecular weight excluding hydrogens is 184 g/mol. The SMILES string of the molecule is COC(=O)[C@@H](C)C(=O)c1cnccn1. The highest BCUT2D eigenvalue weighted by atomic mass is 16.5. The van der Waals surface area contributed by atoms with Gasteiger partial charge in [0, 0.05) is 12.4 Å². The van der Waals surface area contributed by atoms with Gasteiger partial charge in [-0.05, 0) is 6.92 Å². The predicted molar refractivity (Wildman–Crippen MR) is 47.5 cm³/mol. The van der Waals surface area contributed by atoms with E-state index in [9.17, 15) is 9.59 Å². The van der Waals surface area contributed by atoms with Gasteiger partial charge in [0.1, 0.15) is 11.6 Å². The molecule has 0 saturated carbocycles. The topological polar surface area (TPSA) is 69.2 Å². The molecule has 1 rings (SSSR count). The molecule has 1 atom stereocenters. The summed E-state index contributed by atoms with van der Waals surface area (Å²) in [7, 11) is 1.24. The first kappa shape index (κ1) is 10.3. The number of ketones is 1. The van der Waals surface area contributed by atoms with Crippen LogP contribution in [-0.4, -0.2) is 28.8 Å². The molecule has 5 nitrogen and oxygen atoms in total. The van der Waals surface area contributed by atoms with Crippen LogP contribution >= 0.6 is 0 Å². The Kier molecular flexibility index (Phi) is 3.28. The summed E-state index contributed by atoms with van der Waals surface area (Å²) in [4.78, 5) is 30.1. The minimum absolute atomic E-state index is 0.172. The maximum absolute atomic E-state index is 11.5. The Hall–Kier alpha value is -1.78. The van der Waals surface area contributed by atoms with Gasteiger partial charge in [-0.1, -0.05) is 0 Å². The Balaban J connectivity index is 2.81. The zero-order valence-electron chi connectivity index (χ0n) is 7.93. The van der Waals surface area contributed by atoms with Crippen LogP contribution in [0.4, 0.5) is 0 Å². The zero-order chi connectivity index (χ0) is 10.6. The number of carbonyl (C=O) groups is 2. The first-order valence-electron chi connectivity index (χ1n) is 4.05. The zero-order valence-corrected chi connectivity index (χ0v) is 7.93. The first-order valence-corrected chi connectivity index (χ1v) is 4.05. The van der Waals surface area contributed by atoms with Crippen LogP contribution in [0, 0.1) is 5.92 Å². The van der Waals surface area contributed by atoms with Crippen LogP contribution in [0.5, 0.6) is 0 Å². The first-order chi connectivity index (χ1) is 6.66.